The second-order valence-electron chi connectivity index (χ2n) is 4.94. The number of rotatable bonds is 5. The van der Waals surface area contributed by atoms with Crippen LogP contribution in [0.5, 0.6) is 5.75 Å². The van der Waals surface area contributed by atoms with Gasteiger partial charge >= 0.3 is 0 Å². The number of benzene rings is 1. The summed E-state index contributed by atoms with van der Waals surface area (Å²) in [6.07, 6.45) is 1.06. The number of ether oxygens (including phenoxy) is 2. The van der Waals surface area contributed by atoms with Crippen LogP contribution in [0.25, 0.3) is 6.08 Å². The van der Waals surface area contributed by atoms with Gasteiger partial charge in [0.05, 0.1) is 18.3 Å². The van der Waals surface area contributed by atoms with Crippen LogP contribution in [-0.2, 0) is 9.53 Å². The van der Waals surface area contributed by atoms with Gasteiger partial charge in [-0.15, -0.1) is 0 Å². The van der Waals surface area contributed by atoms with Crippen molar-refractivity contribution < 1.29 is 19.4 Å². The Morgan fingerprint density at radius 2 is 2.33 bits per heavy atom. The van der Waals surface area contributed by atoms with Crippen LogP contribution >= 0.6 is 11.6 Å². The minimum atomic E-state index is -0.712. The van der Waals surface area contributed by atoms with E-state index in [0.29, 0.717) is 16.3 Å². The standard InChI is InChI=1S/C15H18ClNO4/c1-17(7-13(18)9-20-2)15(19)11-5-10-6-12(16)3-4-14(10)21-8-11/h3-6,13,18H,7-9H2,1-2H3. The number of amides is 1. The zero-order valence-corrected chi connectivity index (χ0v) is 12.8. The molecule has 1 atom stereocenters. The van der Waals surface area contributed by atoms with Crippen molar-refractivity contribution in [1.29, 1.82) is 0 Å². The van der Waals surface area contributed by atoms with Crippen LogP contribution < -0.4 is 4.74 Å². The third-order valence-electron chi connectivity index (χ3n) is 3.15. The van der Waals surface area contributed by atoms with Gasteiger partial charge in [0.2, 0.25) is 0 Å². The van der Waals surface area contributed by atoms with E-state index in [2.05, 4.69) is 0 Å². The van der Waals surface area contributed by atoms with E-state index in [1.165, 1.54) is 12.0 Å². The fourth-order valence-corrected chi connectivity index (χ4v) is 2.34. The van der Waals surface area contributed by atoms with Crippen molar-refractivity contribution in [3.8, 4) is 5.75 Å². The number of carbonyl (C=O) groups excluding carboxylic acids is 1. The Hall–Kier alpha value is -1.56. The first-order valence-electron chi connectivity index (χ1n) is 6.56. The Bertz CT molecular complexity index is 559. The number of aliphatic hydroxyl groups excluding tert-OH is 1. The number of halogens is 1. The average Bonchev–Trinajstić information content (AvgIpc) is 2.45. The highest BCUT2D eigenvalue weighted by molar-refractivity contribution is 6.30. The molecule has 0 aromatic heterocycles. The van der Waals surface area contributed by atoms with Crippen LogP contribution in [0.2, 0.25) is 5.02 Å². The lowest BCUT2D eigenvalue weighted by atomic mass is 10.1. The Kier molecular flexibility index (Phi) is 5.22. The van der Waals surface area contributed by atoms with Gasteiger partial charge in [-0.25, -0.2) is 0 Å². The molecule has 0 aliphatic carbocycles. The van der Waals surface area contributed by atoms with E-state index < -0.39 is 6.10 Å². The van der Waals surface area contributed by atoms with E-state index >= 15 is 0 Å². The molecular formula is C15H18ClNO4. The second-order valence-corrected chi connectivity index (χ2v) is 5.37. The highest BCUT2D eigenvalue weighted by atomic mass is 35.5. The van der Waals surface area contributed by atoms with Crippen molar-refractivity contribution in [2.24, 2.45) is 0 Å². The molecule has 21 heavy (non-hydrogen) atoms. The summed E-state index contributed by atoms with van der Waals surface area (Å²) < 4.78 is 10.4. The van der Waals surface area contributed by atoms with Gasteiger partial charge < -0.3 is 19.5 Å². The Morgan fingerprint density at radius 3 is 3.05 bits per heavy atom. The molecule has 0 spiro atoms. The molecule has 1 heterocycles. The summed E-state index contributed by atoms with van der Waals surface area (Å²) >= 11 is 5.94. The van der Waals surface area contributed by atoms with Gasteiger partial charge in [0.25, 0.3) is 5.91 Å². The molecule has 1 N–H and O–H groups in total. The van der Waals surface area contributed by atoms with E-state index in [1.54, 1.807) is 31.3 Å². The molecule has 1 aliphatic rings. The first-order chi connectivity index (χ1) is 10.0. The summed E-state index contributed by atoms with van der Waals surface area (Å²) in [6.45, 7) is 0.593. The van der Waals surface area contributed by atoms with Crippen molar-refractivity contribution in [3.63, 3.8) is 0 Å². The summed E-state index contributed by atoms with van der Waals surface area (Å²) in [5.41, 5.74) is 1.31. The molecule has 0 saturated carbocycles. The topological polar surface area (TPSA) is 59.0 Å². The van der Waals surface area contributed by atoms with E-state index in [4.69, 9.17) is 21.1 Å². The maximum absolute atomic E-state index is 12.3. The summed E-state index contributed by atoms with van der Waals surface area (Å²) in [5, 5.41) is 10.3. The van der Waals surface area contributed by atoms with Crippen LogP contribution in [0.3, 0.4) is 0 Å². The third kappa shape index (κ3) is 3.97. The SMILES string of the molecule is COCC(O)CN(C)C(=O)C1=Cc2cc(Cl)ccc2OC1. The average molecular weight is 312 g/mol. The van der Waals surface area contributed by atoms with E-state index in [-0.39, 0.29) is 25.7 Å². The third-order valence-corrected chi connectivity index (χ3v) is 3.38. The van der Waals surface area contributed by atoms with Gasteiger partial charge in [-0.1, -0.05) is 11.6 Å². The highest BCUT2D eigenvalue weighted by Gasteiger charge is 2.21. The van der Waals surface area contributed by atoms with Crippen LogP contribution in [-0.4, -0.2) is 55.9 Å². The van der Waals surface area contributed by atoms with Crippen molar-refractivity contribution >= 4 is 23.6 Å². The minimum absolute atomic E-state index is 0.184. The molecule has 114 valence electrons. The molecule has 5 nitrogen and oxygen atoms in total. The van der Waals surface area contributed by atoms with Crippen LogP contribution in [0, 0.1) is 0 Å². The molecule has 1 aromatic carbocycles. The maximum atomic E-state index is 12.3. The molecule has 2 rings (SSSR count). The van der Waals surface area contributed by atoms with Gasteiger partial charge in [0.1, 0.15) is 12.4 Å². The normalized spacial score (nSPS) is 14.8. The smallest absolute Gasteiger partial charge is 0.253 e. The van der Waals surface area contributed by atoms with E-state index in [9.17, 15) is 9.90 Å². The lowest BCUT2D eigenvalue weighted by Crippen LogP contribution is -2.38. The van der Waals surface area contributed by atoms with Gasteiger partial charge in [-0.3, -0.25) is 4.79 Å². The van der Waals surface area contributed by atoms with Crippen molar-refractivity contribution in [2.45, 2.75) is 6.10 Å². The molecule has 0 saturated heterocycles. The first-order valence-corrected chi connectivity index (χ1v) is 6.94. The number of carbonyl (C=O) groups is 1. The number of nitrogens with zero attached hydrogens (tertiary/aromatic N) is 1. The fourth-order valence-electron chi connectivity index (χ4n) is 2.16. The summed E-state index contributed by atoms with van der Waals surface area (Å²) in [7, 11) is 3.14. The molecule has 0 radical (unpaired) electrons. The van der Waals surface area contributed by atoms with Gasteiger partial charge in [0, 0.05) is 31.3 Å². The molecular weight excluding hydrogens is 294 g/mol. The Labute approximate surface area is 128 Å². The zero-order chi connectivity index (χ0) is 15.4. The predicted octanol–water partition coefficient (Wildman–Crippen LogP) is 1.58. The molecule has 1 amide bonds. The number of hydrogen-bond acceptors (Lipinski definition) is 4. The molecule has 0 bridgehead atoms. The molecule has 6 heteroatoms. The molecule has 0 fully saturated rings. The van der Waals surface area contributed by atoms with Gasteiger partial charge in [-0.05, 0) is 24.3 Å². The van der Waals surface area contributed by atoms with Crippen molar-refractivity contribution in [3.05, 3.63) is 34.4 Å². The summed E-state index contributed by atoms with van der Waals surface area (Å²) in [5.74, 6) is 0.522. The quantitative estimate of drug-likeness (QED) is 0.897. The first kappa shape index (κ1) is 15.8. The van der Waals surface area contributed by atoms with Crippen LogP contribution in [0.4, 0.5) is 0 Å². The molecule has 1 aliphatic heterocycles. The van der Waals surface area contributed by atoms with Crippen molar-refractivity contribution in [1.82, 2.24) is 4.90 Å². The van der Waals surface area contributed by atoms with Crippen molar-refractivity contribution in [2.75, 3.05) is 33.9 Å². The number of likely N-dealkylation sites (N-methyl/N-ethyl adjacent to an activating group) is 1. The van der Waals surface area contributed by atoms with Gasteiger partial charge in [0.15, 0.2) is 0 Å². The Balaban J connectivity index is 2.09. The minimum Gasteiger partial charge on any atom is -0.488 e. The largest absolute Gasteiger partial charge is 0.488 e. The maximum Gasteiger partial charge on any atom is 0.253 e. The second kappa shape index (κ2) is 6.93. The fraction of sp³-hybridized carbons (Fsp3) is 0.400. The van der Waals surface area contributed by atoms with Crippen LogP contribution in [0.1, 0.15) is 5.56 Å². The zero-order valence-electron chi connectivity index (χ0n) is 12.0. The van der Waals surface area contributed by atoms with E-state index in [0.717, 1.165) is 5.56 Å². The van der Waals surface area contributed by atoms with Crippen LogP contribution in [0.15, 0.2) is 23.8 Å². The number of fused-ring (bicyclic) bond motifs is 1. The summed E-state index contributed by atoms with van der Waals surface area (Å²) in [6, 6.07) is 5.28. The number of hydrogen-bond donors (Lipinski definition) is 1. The molecule has 1 unspecified atom stereocenters. The Morgan fingerprint density at radius 1 is 1.57 bits per heavy atom. The predicted molar refractivity (Wildman–Crippen MR) is 80.4 cm³/mol. The monoisotopic (exact) mass is 311 g/mol. The van der Waals surface area contributed by atoms with E-state index in [1.807, 2.05) is 0 Å². The highest BCUT2D eigenvalue weighted by Crippen LogP contribution is 2.29. The lowest BCUT2D eigenvalue weighted by Gasteiger charge is -2.24. The molecule has 1 aromatic rings. The van der Waals surface area contributed by atoms with Gasteiger partial charge in [-0.2, -0.15) is 0 Å². The number of methoxy groups -OCH3 is 1. The summed E-state index contributed by atoms with van der Waals surface area (Å²) in [4.78, 5) is 13.8. The number of aliphatic hydroxyl groups is 1. The lowest BCUT2D eigenvalue weighted by molar-refractivity contribution is -0.127.